The Kier molecular flexibility index (Phi) is 9.17. The Morgan fingerprint density at radius 2 is 1.60 bits per heavy atom. The van der Waals surface area contributed by atoms with Crippen molar-refractivity contribution in [3.05, 3.63) is 29.6 Å². The molecule has 1 aromatic heterocycles. The number of hydrogen-bond acceptors (Lipinski definition) is 3. The first-order valence-electron chi connectivity index (χ1n) is 9.70. The van der Waals surface area contributed by atoms with Crippen LogP contribution in [0.5, 0.6) is 0 Å². The molecule has 2 amide bonds. The molecule has 1 atom stereocenters. The van der Waals surface area contributed by atoms with Gasteiger partial charge in [-0.25, -0.2) is 0 Å². The molecule has 0 aliphatic carbocycles. The van der Waals surface area contributed by atoms with E-state index in [-0.39, 0.29) is 11.8 Å². The van der Waals surface area contributed by atoms with Gasteiger partial charge in [-0.15, -0.1) is 0 Å². The molecular formula is C20H33N3O2. The lowest BCUT2D eigenvalue weighted by atomic mass is 10.2. The Morgan fingerprint density at radius 3 is 2.08 bits per heavy atom. The predicted octanol–water partition coefficient (Wildman–Crippen LogP) is 3.85. The maximum atomic E-state index is 12.3. The second-order valence-electron chi connectivity index (χ2n) is 6.08. The SMILES string of the molecule is CC.CC.CC1CCN(C(=O)c2ccc(C(=O)N3CCCC3)cn2)C1. The molecular weight excluding hydrogens is 314 g/mol. The monoisotopic (exact) mass is 347 g/mol. The van der Waals surface area contributed by atoms with Gasteiger partial charge in [-0.3, -0.25) is 14.6 Å². The van der Waals surface area contributed by atoms with Gasteiger partial charge in [-0.05, 0) is 37.3 Å². The van der Waals surface area contributed by atoms with Crippen molar-refractivity contribution in [2.75, 3.05) is 26.2 Å². The molecule has 0 radical (unpaired) electrons. The maximum absolute atomic E-state index is 12.3. The molecule has 5 nitrogen and oxygen atoms in total. The van der Waals surface area contributed by atoms with E-state index in [2.05, 4.69) is 11.9 Å². The highest BCUT2D eigenvalue weighted by molar-refractivity contribution is 5.96. The fourth-order valence-corrected chi connectivity index (χ4v) is 3.03. The van der Waals surface area contributed by atoms with Crippen LogP contribution >= 0.6 is 0 Å². The molecule has 0 spiro atoms. The van der Waals surface area contributed by atoms with Gasteiger partial charge in [0.05, 0.1) is 5.56 Å². The number of carbonyl (C=O) groups is 2. The number of nitrogens with zero attached hydrogens (tertiary/aromatic N) is 3. The highest BCUT2D eigenvalue weighted by Gasteiger charge is 2.25. The smallest absolute Gasteiger partial charge is 0.272 e. The highest BCUT2D eigenvalue weighted by atomic mass is 16.2. The molecule has 2 fully saturated rings. The average molecular weight is 348 g/mol. The van der Waals surface area contributed by atoms with Gasteiger partial charge in [0.1, 0.15) is 5.69 Å². The fourth-order valence-electron chi connectivity index (χ4n) is 3.03. The van der Waals surface area contributed by atoms with Gasteiger partial charge < -0.3 is 9.80 Å². The van der Waals surface area contributed by atoms with Crippen LogP contribution < -0.4 is 0 Å². The first kappa shape index (κ1) is 21.1. The van der Waals surface area contributed by atoms with Crippen molar-refractivity contribution in [3.8, 4) is 0 Å². The first-order valence-corrected chi connectivity index (χ1v) is 9.70. The molecule has 0 aromatic carbocycles. The molecule has 140 valence electrons. The van der Waals surface area contributed by atoms with Gasteiger partial charge in [0.2, 0.25) is 0 Å². The standard InChI is InChI=1S/C16H21N3O2.2C2H6/c1-12-6-9-19(11-12)16(21)14-5-4-13(10-17-14)15(20)18-7-2-3-8-18;2*1-2/h4-5,10,12H,2-3,6-9,11H2,1H3;2*1-2H3. The Morgan fingerprint density at radius 1 is 0.960 bits per heavy atom. The molecule has 25 heavy (non-hydrogen) atoms. The zero-order valence-corrected chi connectivity index (χ0v) is 16.4. The summed E-state index contributed by atoms with van der Waals surface area (Å²) >= 11 is 0. The van der Waals surface area contributed by atoms with Crippen LogP contribution in [0.15, 0.2) is 18.3 Å². The van der Waals surface area contributed by atoms with Crippen LogP contribution in [0.4, 0.5) is 0 Å². The van der Waals surface area contributed by atoms with E-state index in [1.54, 1.807) is 12.1 Å². The average Bonchev–Trinajstić information content (AvgIpc) is 3.36. The molecule has 5 heteroatoms. The van der Waals surface area contributed by atoms with E-state index in [1.807, 2.05) is 37.5 Å². The van der Waals surface area contributed by atoms with Gasteiger partial charge in [0.15, 0.2) is 0 Å². The summed E-state index contributed by atoms with van der Waals surface area (Å²) in [7, 11) is 0. The molecule has 1 aromatic rings. The quantitative estimate of drug-likeness (QED) is 0.816. The van der Waals surface area contributed by atoms with Crippen molar-refractivity contribution in [2.24, 2.45) is 5.92 Å². The van der Waals surface area contributed by atoms with Crippen LogP contribution in [0.2, 0.25) is 0 Å². The lowest BCUT2D eigenvalue weighted by Gasteiger charge is -2.16. The normalized spacial score (nSPS) is 18.8. The molecule has 3 rings (SSSR count). The van der Waals surface area contributed by atoms with Gasteiger partial charge >= 0.3 is 0 Å². The summed E-state index contributed by atoms with van der Waals surface area (Å²) < 4.78 is 0. The largest absolute Gasteiger partial charge is 0.339 e. The van der Waals surface area contributed by atoms with Crippen molar-refractivity contribution in [1.29, 1.82) is 0 Å². The number of aromatic nitrogens is 1. The molecule has 0 bridgehead atoms. The summed E-state index contributed by atoms with van der Waals surface area (Å²) in [5.74, 6) is 0.554. The van der Waals surface area contributed by atoms with E-state index in [0.29, 0.717) is 17.2 Å². The first-order chi connectivity index (χ1) is 12.1. The van der Waals surface area contributed by atoms with Crippen LogP contribution in [0.3, 0.4) is 0 Å². The minimum absolute atomic E-state index is 0.0220. The number of carbonyl (C=O) groups excluding carboxylic acids is 2. The number of rotatable bonds is 2. The molecule has 2 aliphatic heterocycles. The summed E-state index contributed by atoms with van der Waals surface area (Å²) in [6.07, 6.45) is 4.73. The van der Waals surface area contributed by atoms with E-state index in [9.17, 15) is 9.59 Å². The molecule has 2 saturated heterocycles. The number of pyridine rings is 1. The zero-order valence-electron chi connectivity index (χ0n) is 16.4. The number of amides is 2. The Hall–Kier alpha value is -1.91. The third-order valence-electron chi connectivity index (χ3n) is 4.33. The van der Waals surface area contributed by atoms with Crippen LogP contribution in [-0.2, 0) is 0 Å². The van der Waals surface area contributed by atoms with Crippen molar-refractivity contribution < 1.29 is 9.59 Å². The lowest BCUT2D eigenvalue weighted by Crippen LogP contribution is -2.30. The van der Waals surface area contributed by atoms with E-state index in [0.717, 1.165) is 45.4 Å². The molecule has 0 N–H and O–H groups in total. The van der Waals surface area contributed by atoms with Crippen LogP contribution in [0, 0.1) is 5.92 Å². The van der Waals surface area contributed by atoms with Crippen LogP contribution in [-0.4, -0.2) is 52.8 Å². The topological polar surface area (TPSA) is 53.5 Å². The number of likely N-dealkylation sites (tertiary alicyclic amines) is 2. The fraction of sp³-hybridized carbons (Fsp3) is 0.650. The zero-order chi connectivity index (χ0) is 18.8. The van der Waals surface area contributed by atoms with Gasteiger partial charge in [0, 0.05) is 32.4 Å². The molecule has 1 unspecified atom stereocenters. The summed E-state index contributed by atoms with van der Waals surface area (Å²) in [5, 5.41) is 0. The highest BCUT2D eigenvalue weighted by Crippen LogP contribution is 2.18. The second-order valence-corrected chi connectivity index (χ2v) is 6.08. The maximum Gasteiger partial charge on any atom is 0.272 e. The third-order valence-corrected chi connectivity index (χ3v) is 4.33. The van der Waals surface area contributed by atoms with E-state index < -0.39 is 0 Å². The lowest BCUT2D eigenvalue weighted by molar-refractivity contribution is 0.0773. The number of hydrogen-bond donors (Lipinski definition) is 0. The summed E-state index contributed by atoms with van der Waals surface area (Å²) in [6, 6.07) is 3.40. The third kappa shape index (κ3) is 5.55. The van der Waals surface area contributed by atoms with Gasteiger partial charge in [0.25, 0.3) is 11.8 Å². The van der Waals surface area contributed by atoms with Crippen LogP contribution in [0.25, 0.3) is 0 Å². The van der Waals surface area contributed by atoms with Crippen molar-refractivity contribution in [1.82, 2.24) is 14.8 Å². The molecule has 2 aliphatic rings. The Labute approximate surface area is 152 Å². The van der Waals surface area contributed by atoms with E-state index in [1.165, 1.54) is 6.20 Å². The summed E-state index contributed by atoms with van der Waals surface area (Å²) in [4.78, 5) is 32.4. The molecule has 0 saturated carbocycles. The Bertz CT molecular complexity index is 536. The van der Waals surface area contributed by atoms with Crippen LogP contribution in [0.1, 0.15) is 74.7 Å². The van der Waals surface area contributed by atoms with Crippen molar-refractivity contribution in [2.45, 2.75) is 53.9 Å². The van der Waals surface area contributed by atoms with E-state index >= 15 is 0 Å². The van der Waals surface area contributed by atoms with Gasteiger partial charge in [-0.1, -0.05) is 34.6 Å². The Balaban J connectivity index is 0.000000730. The molecule has 3 heterocycles. The minimum atomic E-state index is -0.0282. The van der Waals surface area contributed by atoms with Crippen molar-refractivity contribution >= 4 is 11.8 Å². The van der Waals surface area contributed by atoms with Crippen molar-refractivity contribution in [3.63, 3.8) is 0 Å². The predicted molar refractivity (Wildman–Crippen MR) is 102 cm³/mol. The summed E-state index contributed by atoms with van der Waals surface area (Å²) in [6.45, 7) is 13.4. The minimum Gasteiger partial charge on any atom is -0.339 e. The summed E-state index contributed by atoms with van der Waals surface area (Å²) in [5.41, 5.74) is 1.00. The second kappa shape index (κ2) is 10.9. The van der Waals surface area contributed by atoms with Gasteiger partial charge in [-0.2, -0.15) is 0 Å². The van der Waals surface area contributed by atoms with E-state index in [4.69, 9.17) is 0 Å².